The summed E-state index contributed by atoms with van der Waals surface area (Å²) in [7, 11) is 0. The second-order valence-corrected chi connectivity index (χ2v) is 8.19. The summed E-state index contributed by atoms with van der Waals surface area (Å²) < 4.78 is 13.3. The maximum Gasteiger partial charge on any atom is 0.254 e. The molecular formula is C23H24FN3O. The maximum absolute atomic E-state index is 13.4. The first-order chi connectivity index (χ1) is 13.3. The molecule has 0 radical (unpaired) electrons. The minimum Gasteiger partial charge on any atom is -0.338 e. The zero-order valence-corrected chi connectivity index (χ0v) is 16.2. The van der Waals surface area contributed by atoms with Crippen molar-refractivity contribution in [3.05, 3.63) is 66.0 Å². The van der Waals surface area contributed by atoms with Crippen LogP contribution in [0.25, 0.3) is 22.2 Å². The molecule has 4 nitrogen and oxygen atoms in total. The van der Waals surface area contributed by atoms with Crippen LogP contribution in [0.3, 0.4) is 0 Å². The standard InChI is InChI=1S/C23H24FN3O/c1-23(2)14-27(12-11-21(23)25)22(28)18-13-20(15-7-9-16(24)10-8-15)26-19-6-4-3-5-17(18)19/h3-10,13,21H,11-12,14,25H2,1-2H3. The van der Waals surface area contributed by atoms with E-state index in [2.05, 4.69) is 13.8 Å². The van der Waals surface area contributed by atoms with Crippen LogP contribution in [-0.2, 0) is 0 Å². The van der Waals surface area contributed by atoms with E-state index in [-0.39, 0.29) is 23.2 Å². The number of pyridine rings is 1. The number of nitrogens with two attached hydrogens (primary N) is 1. The van der Waals surface area contributed by atoms with Crippen molar-refractivity contribution in [2.24, 2.45) is 11.1 Å². The third-order valence-electron chi connectivity index (χ3n) is 5.69. The lowest BCUT2D eigenvalue weighted by molar-refractivity contribution is 0.0535. The number of rotatable bonds is 2. The minimum atomic E-state index is -0.298. The lowest BCUT2D eigenvalue weighted by atomic mass is 9.79. The third-order valence-corrected chi connectivity index (χ3v) is 5.69. The van der Waals surface area contributed by atoms with Crippen LogP contribution in [0.4, 0.5) is 4.39 Å². The van der Waals surface area contributed by atoms with Crippen LogP contribution in [0.5, 0.6) is 0 Å². The molecule has 1 aliphatic heterocycles. The number of para-hydroxylation sites is 1. The highest BCUT2D eigenvalue weighted by Crippen LogP contribution is 2.31. The summed E-state index contributed by atoms with van der Waals surface area (Å²) in [5.41, 5.74) is 8.92. The number of fused-ring (bicyclic) bond motifs is 1. The molecule has 5 heteroatoms. The zero-order chi connectivity index (χ0) is 19.9. The highest BCUT2D eigenvalue weighted by molar-refractivity contribution is 6.07. The summed E-state index contributed by atoms with van der Waals surface area (Å²) in [5.74, 6) is -0.310. The number of nitrogens with zero attached hydrogens (tertiary/aromatic N) is 2. The van der Waals surface area contributed by atoms with Crippen molar-refractivity contribution in [2.45, 2.75) is 26.3 Å². The number of carbonyl (C=O) groups excluding carboxylic acids is 1. The van der Waals surface area contributed by atoms with E-state index in [0.29, 0.717) is 24.3 Å². The molecule has 1 aliphatic rings. The molecule has 28 heavy (non-hydrogen) atoms. The van der Waals surface area contributed by atoms with Crippen LogP contribution in [-0.4, -0.2) is 34.9 Å². The molecule has 1 aromatic heterocycles. The molecule has 2 N–H and O–H groups in total. The van der Waals surface area contributed by atoms with E-state index in [1.54, 1.807) is 12.1 Å². The van der Waals surface area contributed by atoms with E-state index >= 15 is 0 Å². The lowest BCUT2D eigenvalue weighted by Crippen LogP contribution is -2.54. The molecule has 3 aromatic rings. The van der Waals surface area contributed by atoms with E-state index in [4.69, 9.17) is 10.7 Å². The maximum atomic E-state index is 13.4. The van der Waals surface area contributed by atoms with E-state index in [0.717, 1.165) is 22.9 Å². The number of aromatic nitrogens is 1. The first kappa shape index (κ1) is 18.6. The van der Waals surface area contributed by atoms with Crippen LogP contribution < -0.4 is 5.73 Å². The molecule has 1 amide bonds. The van der Waals surface area contributed by atoms with E-state index in [9.17, 15) is 9.18 Å². The van der Waals surface area contributed by atoms with Crippen LogP contribution in [0.2, 0.25) is 0 Å². The molecule has 1 fully saturated rings. The molecule has 4 rings (SSSR count). The highest BCUT2D eigenvalue weighted by Gasteiger charge is 2.36. The summed E-state index contributed by atoms with van der Waals surface area (Å²) in [4.78, 5) is 20.0. The van der Waals surface area contributed by atoms with Crippen molar-refractivity contribution < 1.29 is 9.18 Å². The van der Waals surface area contributed by atoms with Crippen LogP contribution >= 0.6 is 0 Å². The first-order valence-electron chi connectivity index (χ1n) is 9.56. The number of hydrogen-bond donors (Lipinski definition) is 1. The minimum absolute atomic E-state index is 0.0121. The average Bonchev–Trinajstić information content (AvgIpc) is 2.69. The normalized spacial score (nSPS) is 19.0. The number of piperidine rings is 1. The first-order valence-corrected chi connectivity index (χ1v) is 9.56. The quantitative estimate of drug-likeness (QED) is 0.727. The monoisotopic (exact) mass is 377 g/mol. The highest BCUT2D eigenvalue weighted by atomic mass is 19.1. The third kappa shape index (κ3) is 3.38. The zero-order valence-electron chi connectivity index (χ0n) is 16.2. The van der Waals surface area contributed by atoms with Crippen molar-refractivity contribution in [1.29, 1.82) is 0 Å². The van der Waals surface area contributed by atoms with Gasteiger partial charge in [-0.25, -0.2) is 9.37 Å². The van der Waals surface area contributed by atoms with Gasteiger partial charge in [-0.2, -0.15) is 0 Å². The fourth-order valence-electron chi connectivity index (χ4n) is 3.84. The second kappa shape index (κ2) is 6.99. The van der Waals surface area contributed by atoms with E-state index in [1.165, 1.54) is 12.1 Å². The fraction of sp³-hybridized carbons (Fsp3) is 0.304. The summed E-state index contributed by atoms with van der Waals surface area (Å²) in [6.45, 7) is 5.47. The number of likely N-dealkylation sites (tertiary alicyclic amines) is 1. The summed E-state index contributed by atoms with van der Waals surface area (Å²) in [5, 5.41) is 0.825. The van der Waals surface area contributed by atoms with Crippen molar-refractivity contribution in [2.75, 3.05) is 13.1 Å². The summed E-state index contributed by atoms with van der Waals surface area (Å²) in [6.07, 6.45) is 0.784. The van der Waals surface area contributed by atoms with Crippen molar-refractivity contribution in [1.82, 2.24) is 9.88 Å². The van der Waals surface area contributed by atoms with Gasteiger partial charge in [-0.05, 0) is 48.2 Å². The Balaban J connectivity index is 1.79. The molecule has 0 bridgehead atoms. The molecule has 0 saturated carbocycles. The molecule has 144 valence electrons. The van der Waals surface area contributed by atoms with Crippen LogP contribution in [0, 0.1) is 11.2 Å². The number of carbonyl (C=O) groups is 1. The van der Waals surface area contributed by atoms with Gasteiger partial charge >= 0.3 is 0 Å². The average molecular weight is 377 g/mol. The number of benzene rings is 2. The topological polar surface area (TPSA) is 59.2 Å². The lowest BCUT2D eigenvalue weighted by Gasteiger charge is -2.42. The van der Waals surface area contributed by atoms with Gasteiger partial charge in [0.25, 0.3) is 5.91 Å². The van der Waals surface area contributed by atoms with Gasteiger partial charge in [0, 0.05) is 30.1 Å². The van der Waals surface area contributed by atoms with Crippen molar-refractivity contribution >= 4 is 16.8 Å². The molecule has 0 spiro atoms. The van der Waals surface area contributed by atoms with Crippen LogP contribution in [0.1, 0.15) is 30.6 Å². The van der Waals surface area contributed by atoms with Gasteiger partial charge in [0.05, 0.1) is 16.8 Å². The Bertz CT molecular complexity index is 1030. The van der Waals surface area contributed by atoms with E-state index < -0.39 is 0 Å². The predicted octanol–water partition coefficient (Wildman–Crippen LogP) is 4.24. The van der Waals surface area contributed by atoms with Gasteiger partial charge in [0.15, 0.2) is 0 Å². The Morgan fingerprint density at radius 3 is 2.61 bits per heavy atom. The van der Waals surface area contributed by atoms with Gasteiger partial charge in [-0.3, -0.25) is 4.79 Å². The van der Waals surface area contributed by atoms with Crippen molar-refractivity contribution in [3.63, 3.8) is 0 Å². The van der Waals surface area contributed by atoms with Gasteiger partial charge in [-0.15, -0.1) is 0 Å². The molecule has 2 aromatic carbocycles. The summed E-state index contributed by atoms with van der Waals surface area (Å²) >= 11 is 0. The Hall–Kier alpha value is -2.79. The molecule has 2 heterocycles. The number of amides is 1. The number of halogens is 1. The van der Waals surface area contributed by atoms with E-state index in [1.807, 2.05) is 35.2 Å². The SMILES string of the molecule is CC1(C)CN(C(=O)c2cc(-c3ccc(F)cc3)nc3ccccc23)CCC1N. The smallest absolute Gasteiger partial charge is 0.254 e. The summed E-state index contributed by atoms with van der Waals surface area (Å²) in [6, 6.07) is 15.7. The Morgan fingerprint density at radius 2 is 1.89 bits per heavy atom. The van der Waals surface area contributed by atoms with Gasteiger partial charge in [0.1, 0.15) is 5.82 Å². The van der Waals surface area contributed by atoms with Gasteiger partial charge in [-0.1, -0.05) is 32.0 Å². The Morgan fingerprint density at radius 1 is 1.18 bits per heavy atom. The van der Waals surface area contributed by atoms with Gasteiger partial charge < -0.3 is 10.6 Å². The van der Waals surface area contributed by atoms with Gasteiger partial charge in [0.2, 0.25) is 0 Å². The largest absolute Gasteiger partial charge is 0.338 e. The molecular weight excluding hydrogens is 353 g/mol. The molecule has 0 aliphatic carbocycles. The number of hydrogen-bond acceptors (Lipinski definition) is 3. The molecule has 1 atom stereocenters. The molecule has 1 saturated heterocycles. The predicted molar refractivity (Wildman–Crippen MR) is 109 cm³/mol. The fourth-order valence-corrected chi connectivity index (χ4v) is 3.84. The van der Waals surface area contributed by atoms with Crippen LogP contribution in [0.15, 0.2) is 54.6 Å². The Labute approximate surface area is 164 Å². The second-order valence-electron chi connectivity index (χ2n) is 8.19. The molecule has 1 unspecified atom stereocenters. The Kier molecular flexibility index (Phi) is 4.63. The van der Waals surface area contributed by atoms with Crippen molar-refractivity contribution in [3.8, 4) is 11.3 Å².